The van der Waals surface area contributed by atoms with E-state index >= 15 is 0 Å². The lowest BCUT2D eigenvalue weighted by Crippen LogP contribution is -2.44. The van der Waals surface area contributed by atoms with Crippen molar-refractivity contribution in [2.75, 3.05) is 35.6 Å². The topological polar surface area (TPSA) is 82.6 Å². The molecule has 7 nitrogen and oxygen atoms in total. The number of hydrogen-bond acceptors (Lipinski definition) is 5. The zero-order valence-corrected chi connectivity index (χ0v) is 15.5. The van der Waals surface area contributed by atoms with Crippen molar-refractivity contribution in [2.45, 2.75) is 45.1 Å². The Morgan fingerprint density at radius 1 is 1.24 bits per heavy atom. The monoisotopic (exact) mass is 366 g/mol. The summed E-state index contributed by atoms with van der Waals surface area (Å²) >= 11 is 0. The molecule has 0 aromatic carbocycles. The Labute approximate surface area is 149 Å². The second kappa shape index (κ2) is 7.70. The smallest absolute Gasteiger partial charge is 0.242 e. The van der Waals surface area contributed by atoms with E-state index in [4.69, 9.17) is 0 Å². The van der Waals surface area contributed by atoms with Gasteiger partial charge in [-0.2, -0.15) is 4.31 Å². The molecular weight excluding hydrogens is 340 g/mol. The van der Waals surface area contributed by atoms with Gasteiger partial charge in [-0.25, -0.2) is 13.4 Å². The zero-order valence-electron chi connectivity index (χ0n) is 14.6. The second-order valence-electron chi connectivity index (χ2n) is 6.67. The van der Waals surface area contributed by atoms with Crippen molar-refractivity contribution in [1.82, 2.24) is 9.29 Å². The summed E-state index contributed by atoms with van der Waals surface area (Å²) in [6.45, 7) is 4.29. The third-order valence-corrected chi connectivity index (χ3v) is 6.85. The van der Waals surface area contributed by atoms with Gasteiger partial charge in [-0.15, -0.1) is 0 Å². The Kier molecular flexibility index (Phi) is 5.58. The molecule has 138 valence electrons. The van der Waals surface area contributed by atoms with E-state index in [2.05, 4.69) is 15.2 Å². The highest BCUT2D eigenvalue weighted by atomic mass is 32.2. The van der Waals surface area contributed by atoms with Crippen LogP contribution in [0, 0.1) is 0 Å². The average molecular weight is 366 g/mol. The fourth-order valence-electron chi connectivity index (χ4n) is 3.53. The maximum Gasteiger partial charge on any atom is 0.242 e. The molecule has 2 aliphatic heterocycles. The SMILES string of the molecule is CCCS(=O)(=O)N1CCCC1C(=O)Nc1ccc(N2CCCC2)nc1. The predicted octanol–water partition coefficient (Wildman–Crippen LogP) is 1.82. The van der Waals surface area contributed by atoms with Gasteiger partial charge >= 0.3 is 0 Å². The minimum Gasteiger partial charge on any atom is -0.357 e. The Balaban J connectivity index is 1.65. The molecule has 0 spiro atoms. The molecule has 25 heavy (non-hydrogen) atoms. The summed E-state index contributed by atoms with van der Waals surface area (Å²) in [5.41, 5.74) is 0.604. The van der Waals surface area contributed by atoms with E-state index in [0.29, 0.717) is 31.5 Å². The van der Waals surface area contributed by atoms with Gasteiger partial charge in [0.15, 0.2) is 0 Å². The molecule has 1 amide bonds. The highest BCUT2D eigenvalue weighted by Gasteiger charge is 2.38. The first-order valence-electron chi connectivity index (χ1n) is 9.02. The third-order valence-electron chi connectivity index (χ3n) is 4.77. The summed E-state index contributed by atoms with van der Waals surface area (Å²) < 4.78 is 26.0. The summed E-state index contributed by atoms with van der Waals surface area (Å²) in [7, 11) is -3.36. The van der Waals surface area contributed by atoms with Crippen LogP contribution in [-0.2, 0) is 14.8 Å². The van der Waals surface area contributed by atoms with Gasteiger partial charge in [-0.05, 0) is 44.2 Å². The predicted molar refractivity (Wildman–Crippen MR) is 98.1 cm³/mol. The lowest BCUT2D eigenvalue weighted by molar-refractivity contribution is -0.119. The van der Waals surface area contributed by atoms with Crippen molar-refractivity contribution >= 4 is 27.4 Å². The van der Waals surface area contributed by atoms with E-state index in [1.165, 1.54) is 17.1 Å². The van der Waals surface area contributed by atoms with Crippen LogP contribution in [0.15, 0.2) is 18.3 Å². The van der Waals surface area contributed by atoms with Gasteiger partial charge in [0.1, 0.15) is 11.9 Å². The number of rotatable bonds is 6. The van der Waals surface area contributed by atoms with E-state index in [9.17, 15) is 13.2 Å². The normalized spacial score (nSPS) is 21.6. The maximum atomic E-state index is 12.6. The van der Waals surface area contributed by atoms with Crippen LogP contribution < -0.4 is 10.2 Å². The van der Waals surface area contributed by atoms with Crippen LogP contribution in [0.5, 0.6) is 0 Å². The fourth-order valence-corrected chi connectivity index (χ4v) is 5.28. The van der Waals surface area contributed by atoms with Gasteiger partial charge in [0, 0.05) is 19.6 Å². The first-order valence-corrected chi connectivity index (χ1v) is 10.6. The number of carbonyl (C=O) groups is 1. The summed E-state index contributed by atoms with van der Waals surface area (Å²) in [6.07, 6.45) is 5.84. The Hall–Kier alpha value is -1.67. The molecular formula is C17H26N4O3S. The van der Waals surface area contributed by atoms with Gasteiger partial charge in [-0.3, -0.25) is 4.79 Å². The maximum absolute atomic E-state index is 12.6. The van der Waals surface area contributed by atoms with Crippen LogP contribution in [0.3, 0.4) is 0 Å². The van der Waals surface area contributed by atoms with E-state index < -0.39 is 16.1 Å². The highest BCUT2D eigenvalue weighted by Crippen LogP contribution is 2.24. The van der Waals surface area contributed by atoms with Crippen LogP contribution in [-0.4, -0.2) is 55.0 Å². The fraction of sp³-hybridized carbons (Fsp3) is 0.647. The van der Waals surface area contributed by atoms with Crippen molar-refractivity contribution in [1.29, 1.82) is 0 Å². The van der Waals surface area contributed by atoms with Gasteiger partial charge in [-0.1, -0.05) is 6.92 Å². The first kappa shape index (κ1) is 18.1. The number of nitrogens with zero attached hydrogens (tertiary/aromatic N) is 3. The molecule has 0 radical (unpaired) electrons. The van der Waals surface area contributed by atoms with E-state index in [1.54, 1.807) is 6.20 Å². The lowest BCUT2D eigenvalue weighted by atomic mass is 10.2. The number of sulfonamides is 1. The van der Waals surface area contributed by atoms with Crippen LogP contribution in [0.4, 0.5) is 11.5 Å². The minimum absolute atomic E-state index is 0.0862. The number of hydrogen-bond donors (Lipinski definition) is 1. The summed E-state index contributed by atoms with van der Waals surface area (Å²) in [4.78, 5) is 19.2. The summed E-state index contributed by atoms with van der Waals surface area (Å²) in [5.74, 6) is 0.736. The molecule has 1 N–H and O–H groups in total. The molecule has 3 rings (SSSR count). The Bertz CT molecular complexity index is 699. The van der Waals surface area contributed by atoms with Crippen molar-refractivity contribution in [3.63, 3.8) is 0 Å². The molecule has 1 atom stereocenters. The average Bonchev–Trinajstić information content (AvgIpc) is 3.27. The zero-order chi connectivity index (χ0) is 17.9. The van der Waals surface area contributed by atoms with E-state index in [1.807, 2.05) is 19.1 Å². The molecule has 8 heteroatoms. The van der Waals surface area contributed by atoms with Gasteiger partial charge < -0.3 is 10.2 Å². The van der Waals surface area contributed by atoms with Crippen LogP contribution >= 0.6 is 0 Å². The molecule has 3 heterocycles. The highest BCUT2D eigenvalue weighted by molar-refractivity contribution is 7.89. The van der Waals surface area contributed by atoms with Crippen molar-refractivity contribution < 1.29 is 13.2 Å². The Morgan fingerprint density at radius 3 is 2.64 bits per heavy atom. The number of anilines is 2. The number of nitrogens with one attached hydrogen (secondary N) is 1. The molecule has 0 aliphatic carbocycles. The summed E-state index contributed by atoms with van der Waals surface area (Å²) in [5, 5.41) is 2.82. The van der Waals surface area contributed by atoms with E-state index in [-0.39, 0.29) is 11.7 Å². The number of carbonyl (C=O) groups excluding carboxylic acids is 1. The van der Waals surface area contributed by atoms with Gasteiger partial charge in [0.05, 0.1) is 17.6 Å². The quantitative estimate of drug-likeness (QED) is 0.830. The first-order chi connectivity index (χ1) is 12.0. The lowest BCUT2D eigenvalue weighted by Gasteiger charge is -2.23. The van der Waals surface area contributed by atoms with Crippen LogP contribution in [0.2, 0.25) is 0 Å². The molecule has 1 aromatic rings. The third kappa shape index (κ3) is 4.12. The van der Waals surface area contributed by atoms with Crippen LogP contribution in [0.1, 0.15) is 39.0 Å². The standard InChI is InChI=1S/C17H26N4O3S/c1-2-12-25(23,24)21-11-5-6-15(21)17(22)19-14-7-8-16(18-13-14)20-9-3-4-10-20/h7-8,13,15H,2-6,9-12H2,1H3,(H,19,22). The van der Waals surface area contributed by atoms with Crippen LogP contribution in [0.25, 0.3) is 0 Å². The molecule has 0 saturated carbocycles. The molecule has 2 fully saturated rings. The van der Waals surface area contributed by atoms with Crippen molar-refractivity contribution in [2.24, 2.45) is 0 Å². The van der Waals surface area contributed by atoms with Gasteiger partial charge in [0.25, 0.3) is 0 Å². The second-order valence-corrected chi connectivity index (χ2v) is 8.71. The van der Waals surface area contributed by atoms with Crippen molar-refractivity contribution in [3.05, 3.63) is 18.3 Å². The summed E-state index contributed by atoms with van der Waals surface area (Å²) in [6, 6.07) is 3.12. The number of pyridine rings is 1. The molecule has 1 unspecified atom stereocenters. The van der Waals surface area contributed by atoms with E-state index in [0.717, 1.165) is 18.9 Å². The molecule has 1 aromatic heterocycles. The largest absolute Gasteiger partial charge is 0.357 e. The number of amides is 1. The van der Waals surface area contributed by atoms with Crippen molar-refractivity contribution in [3.8, 4) is 0 Å². The minimum atomic E-state index is -3.36. The Morgan fingerprint density at radius 2 is 2.00 bits per heavy atom. The molecule has 2 saturated heterocycles. The molecule has 0 bridgehead atoms. The molecule has 2 aliphatic rings. The number of aromatic nitrogens is 1. The van der Waals surface area contributed by atoms with Gasteiger partial charge in [0.2, 0.25) is 15.9 Å².